The number of benzene rings is 2. The van der Waals surface area contributed by atoms with E-state index in [1.807, 2.05) is 20.8 Å². The largest absolute Gasteiger partial charge is 0.493 e. The van der Waals surface area contributed by atoms with Gasteiger partial charge < -0.3 is 19.7 Å². The molecule has 0 atom stereocenters. The molecule has 0 saturated carbocycles. The lowest BCUT2D eigenvalue weighted by atomic mass is 9.90. The maximum atomic E-state index is 13.4. The third-order valence-corrected chi connectivity index (χ3v) is 6.96. The molecule has 2 aromatic heterocycles. The van der Waals surface area contributed by atoms with Crippen LogP contribution in [0.2, 0.25) is 5.02 Å². The highest BCUT2D eigenvalue weighted by molar-refractivity contribution is 6.31. The number of likely N-dealkylation sites (tertiary alicyclic amines) is 1. The molecule has 1 saturated heterocycles. The summed E-state index contributed by atoms with van der Waals surface area (Å²) < 4.78 is 20.4. The van der Waals surface area contributed by atoms with Gasteiger partial charge in [-0.2, -0.15) is 9.78 Å². The Hall–Kier alpha value is -3.59. The number of amides is 1. The number of piperidine rings is 1. The summed E-state index contributed by atoms with van der Waals surface area (Å²) in [5.74, 6) is 0.164. The minimum atomic E-state index is -0.553. The standard InChI is InChI=1S/C28H31ClFN5O3/c1-28(2,3)38-27(37)34-14-12-18(13-15-34)24-21(10-6-17-4-8-20(30)9-5-17)25(36)35(33-24)26-31-22-11-7-19(29)16-23(22)32-26/h4-5,7-9,11,16,18,36H,6,10,12-15H2,1-3H3,(H,31,32). The van der Waals surface area contributed by atoms with Crippen molar-refractivity contribution >= 4 is 28.7 Å². The first-order valence-electron chi connectivity index (χ1n) is 12.8. The van der Waals surface area contributed by atoms with Gasteiger partial charge >= 0.3 is 6.09 Å². The zero-order valence-corrected chi connectivity index (χ0v) is 22.4. The highest BCUT2D eigenvalue weighted by atomic mass is 35.5. The summed E-state index contributed by atoms with van der Waals surface area (Å²) in [6.07, 6.45) is 2.19. The van der Waals surface area contributed by atoms with Gasteiger partial charge in [0.15, 0.2) is 0 Å². The fraction of sp³-hybridized carbons (Fsp3) is 0.393. The molecule has 0 radical (unpaired) electrons. The average Bonchev–Trinajstić information content (AvgIpc) is 3.43. The van der Waals surface area contributed by atoms with Crippen molar-refractivity contribution in [1.82, 2.24) is 24.6 Å². The summed E-state index contributed by atoms with van der Waals surface area (Å²) >= 11 is 6.13. The SMILES string of the molecule is CC(C)(C)OC(=O)N1CCC(c2nn(-c3nc4ccc(Cl)cc4[nH]3)c(O)c2CCc2ccc(F)cc2)CC1. The third-order valence-electron chi connectivity index (χ3n) is 6.73. The molecule has 0 aliphatic carbocycles. The lowest BCUT2D eigenvalue weighted by Crippen LogP contribution is -2.41. The number of aryl methyl sites for hydroxylation is 1. The zero-order valence-electron chi connectivity index (χ0n) is 21.7. The first kappa shape index (κ1) is 26.0. The van der Waals surface area contributed by atoms with E-state index >= 15 is 0 Å². The van der Waals surface area contributed by atoms with Crippen LogP contribution in [0.3, 0.4) is 0 Å². The quantitative estimate of drug-likeness (QED) is 0.317. The van der Waals surface area contributed by atoms with Crippen molar-refractivity contribution < 1.29 is 19.0 Å². The molecule has 1 aliphatic rings. The summed E-state index contributed by atoms with van der Waals surface area (Å²) in [6, 6.07) is 11.7. The maximum absolute atomic E-state index is 13.4. The highest BCUT2D eigenvalue weighted by Crippen LogP contribution is 2.36. The number of carbonyl (C=O) groups is 1. The Morgan fingerprint density at radius 3 is 2.55 bits per heavy atom. The van der Waals surface area contributed by atoms with Crippen LogP contribution in [0, 0.1) is 5.82 Å². The number of rotatable bonds is 5. The second-order valence-corrected chi connectivity index (χ2v) is 11.1. The molecule has 1 aliphatic heterocycles. The molecule has 0 unspecified atom stereocenters. The van der Waals surface area contributed by atoms with Gasteiger partial charge in [-0.15, -0.1) is 0 Å². The Morgan fingerprint density at radius 2 is 1.87 bits per heavy atom. The van der Waals surface area contributed by atoms with Crippen LogP contribution >= 0.6 is 11.6 Å². The number of halogens is 2. The number of imidazole rings is 1. The molecule has 38 heavy (non-hydrogen) atoms. The molecule has 5 rings (SSSR count). The van der Waals surface area contributed by atoms with Crippen LogP contribution in [0.5, 0.6) is 5.88 Å². The molecule has 4 aromatic rings. The number of nitrogens with zero attached hydrogens (tertiary/aromatic N) is 4. The van der Waals surface area contributed by atoms with Crippen molar-refractivity contribution in [2.75, 3.05) is 13.1 Å². The number of aromatic nitrogens is 4. The number of H-pyrrole nitrogens is 1. The minimum Gasteiger partial charge on any atom is -0.493 e. The minimum absolute atomic E-state index is 0.0156. The van der Waals surface area contributed by atoms with Crippen molar-refractivity contribution in [1.29, 1.82) is 0 Å². The summed E-state index contributed by atoms with van der Waals surface area (Å²) in [5.41, 5.74) is 3.36. The van der Waals surface area contributed by atoms with Gasteiger partial charge in [-0.3, -0.25) is 0 Å². The highest BCUT2D eigenvalue weighted by Gasteiger charge is 2.32. The van der Waals surface area contributed by atoms with E-state index in [4.69, 9.17) is 21.4 Å². The molecule has 200 valence electrons. The zero-order chi connectivity index (χ0) is 27.0. The Bertz CT molecular complexity index is 1450. The Balaban J connectivity index is 1.43. The van der Waals surface area contributed by atoms with Gasteiger partial charge in [-0.25, -0.2) is 14.2 Å². The fourth-order valence-electron chi connectivity index (χ4n) is 4.82. The number of hydrogen-bond donors (Lipinski definition) is 2. The summed E-state index contributed by atoms with van der Waals surface area (Å²) in [7, 11) is 0. The van der Waals surface area contributed by atoms with Crippen LogP contribution in [0.25, 0.3) is 17.0 Å². The van der Waals surface area contributed by atoms with Crippen LogP contribution in [-0.2, 0) is 17.6 Å². The van der Waals surface area contributed by atoms with Gasteiger partial charge in [0.2, 0.25) is 11.8 Å². The number of ether oxygens (including phenoxy) is 1. The fourth-order valence-corrected chi connectivity index (χ4v) is 5.00. The summed E-state index contributed by atoms with van der Waals surface area (Å²) in [6.45, 7) is 6.63. The van der Waals surface area contributed by atoms with Crippen LogP contribution in [0.4, 0.5) is 9.18 Å². The van der Waals surface area contributed by atoms with Gasteiger partial charge in [0.1, 0.15) is 11.4 Å². The van der Waals surface area contributed by atoms with E-state index in [1.54, 1.807) is 35.2 Å². The average molecular weight is 540 g/mol. The number of nitrogens with one attached hydrogen (secondary N) is 1. The number of carbonyl (C=O) groups excluding carboxylic acids is 1. The lowest BCUT2D eigenvalue weighted by molar-refractivity contribution is 0.0204. The van der Waals surface area contributed by atoms with Gasteiger partial charge in [0, 0.05) is 29.6 Å². The molecule has 10 heteroatoms. The van der Waals surface area contributed by atoms with Crippen LogP contribution < -0.4 is 0 Å². The van der Waals surface area contributed by atoms with E-state index in [0.29, 0.717) is 55.3 Å². The molecular formula is C28H31ClFN5O3. The second-order valence-electron chi connectivity index (χ2n) is 10.7. The monoisotopic (exact) mass is 539 g/mol. The first-order valence-corrected chi connectivity index (χ1v) is 13.1. The predicted molar refractivity (Wildman–Crippen MR) is 143 cm³/mol. The number of hydrogen-bond acceptors (Lipinski definition) is 5. The summed E-state index contributed by atoms with van der Waals surface area (Å²) in [5, 5.41) is 16.7. The Morgan fingerprint density at radius 1 is 1.16 bits per heavy atom. The van der Waals surface area contributed by atoms with E-state index in [-0.39, 0.29) is 23.7 Å². The molecular weight excluding hydrogens is 509 g/mol. The van der Waals surface area contributed by atoms with Gasteiger partial charge in [0.25, 0.3) is 0 Å². The smallest absolute Gasteiger partial charge is 0.410 e. The normalized spacial score (nSPS) is 14.8. The molecule has 8 nitrogen and oxygen atoms in total. The molecule has 1 fully saturated rings. The van der Waals surface area contributed by atoms with Crippen molar-refractivity contribution in [3.63, 3.8) is 0 Å². The van der Waals surface area contributed by atoms with E-state index in [9.17, 15) is 14.3 Å². The molecule has 3 heterocycles. The van der Waals surface area contributed by atoms with Crippen LogP contribution in [0.15, 0.2) is 42.5 Å². The van der Waals surface area contributed by atoms with Crippen molar-refractivity contribution in [2.45, 2.75) is 58.0 Å². The van der Waals surface area contributed by atoms with E-state index in [1.165, 1.54) is 16.8 Å². The maximum Gasteiger partial charge on any atom is 0.410 e. The van der Waals surface area contributed by atoms with E-state index in [0.717, 1.165) is 22.3 Å². The summed E-state index contributed by atoms with van der Waals surface area (Å²) in [4.78, 5) is 22.1. The molecule has 0 bridgehead atoms. The van der Waals surface area contributed by atoms with E-state index in [2.05, 4.69) is 9.97 Å². The molecule has 1 amide bonds. The number of fused-ring (bicyclic) bond motifs is 1. The lowest BCUT2D eigenvalue weighted by Gasteiger charge is -2.33. The van der Waals surface area contributed by atoms with Crippen molar-refractivity contribution in [3.8, 4) is 11.8 Å². The molecule has 0 spiro atoms. The van der Waals surface area contributed by atoms with Gasteiger partial charge in [-0.1, -0.05) is 23.7 Å². The number of aromatic hydroxyl groups is 1. The predicted octanol–water partition coefficient (Wildman–Crippen LogP) is 6.15. The van der Waals surface area contributed by atoms with Crippen molar-refractivity contribution in [2.24, 2.45) is 0 Å². The van der Waals surface area contributed by atoms with E-state index < -0.39 is 5.60 Å². The van der Waals surface area contributed by atoms with Crippen molar-refractivity contribution in [3.05, 3.63) is 70.1 Å². The topological polar surface area (TPSA) is 96.3 Å². The van der Waals surface area contributed by atoms with Crippen LogP contribution in [-0.4, -0.2) is 54.5 Å². The molecule has 2 N–H and O–H groups in total. The van der Waals surface area contributed by atoms with Gasteiger partial charge in [0.05, 0.1) is 16.7 Å². The number of aromatic amines is 1. The second kappa shape index (κ2) is 10.3. The molecule has 2 aromatic carbocycles. The Kier molecular flexibility index (Phi) is 7.05. The van der Waals surface area contributed by atoms with Crippen LogP contribution in [0.1, 0.15) is 56.4 Å². The first-order chi connectivity index (χ1) is 18.1. The Labute approximate surface area is 225 Å². The van der Waals surface area contributed by atoms with Gasteiger partial charge in [-0.05, 0) is 82.3 Å². The third kappa shape index (κ3) is 5.62.